The minimum atomic E-state index is 0.697. The van der Waals surface area contributed by atoms with Crippen LogP contribution in [0.2, 0.25) is 5.02 Å². The largest absolute Gasteiger partial charge is 0.330 e. The van der Waals surface area contributed by atoms with Gasteiger partial charge in [-0.1, -0.05) is 11.6 Å². The van der Waals surface area contributed by atoms with Gasteiger partial charge >= 0.3 is 0 Å². The summed E-state index contributed by atoms with van der Waals surface area (Å²) in [7, 11) is 0. The highest BCUT2D eigenvalue weighted by molar-refractivity contribution is 6.30. The van der Waals surface area contributed by atoms with Crippen LogP contribution in [-0.4, -0.2) is 15.9 Å². The molecule has 2 heterocycles. The second-order valence-electron chi connectivity index (χ2n) is 3.21. The van der Waals surface area contributed by atoms with Gasteiger partial charge in [-0.15, -0.1) is 0 Å². The van der Waals surface area contributed by atoms with Crippen LogP contribution in [0, 0.1) is 0 Å². The van der Waals surface area contributed by atoms with Crippen LogP contribution in [-0.2, 0) is 6.42 Å². The molecule has 0 aliphatic rings. The fraction of sp³-hybridized carbons (Fsp3) is 0.300. The van der Waals surface area contributed by atoms with Gasteiger partial charge in [0.15, 0.2) is 0 Å². The predicted octanol–water partition coefficient (Wildman–Crippen LogP) is 1.88. The fourth-order valence-electron chi connectivity index (χ4n) is 1.47. The lowest BCUT2D eigenvalue weighted by molar-refractivity contribution is 0.778. The Bertz CT molecular complexity index is 436. The van der Waals surface area contributed by atoms with Gasteiger partial charge in [-0.05, 0) is 25.1 Å². The van der Waals surface area contributed by atoms with Crippen molar-refractivity contribution in [2.24, 2.45) is 5.73 Å². The molecule has 0 aliphatic carbocycles. The summed E-state index contributed by atoms with van der Waals surface area (Å²) in [6.07, 6.45) is 5.64. The van der Waals surface area contributed by atoms with Gasteiger partial charge in [0.1, 0.15) is 5.82 Å². The Kier molecular flexibility index (Phi) is 2.70. The first-order valence-electron chi connectivity index (χ1n) is 4.63. The molecule has 0 saturated carbocycles. The molecule has 2 rings (SSSR count). The number of hydrogen-bond acceptors (Lipinski definition) is 2. The van der Waals surface area contributed by atoms with Gasteiger partial charge in [0, 0.05) is 17.6 Å². The van der Waals surface area contributed by atoms with E-state index in [1.54, 1.807) is 0 Å². The number of nitrogens with zero attached hydrogens (tertiary/aromatic N) is 2. The third-order valence-corrected chi connectivity index (χ3v) is 2.41. The zero-order chi connectivity index (χ0) is 9.97. The zero-order valence-electron chi connectivity index (χ0n) is 7.78. The Hall–Kier alpha value is -1.06. The molecule has 14 heavy (non-hydrogen) atoms. The molecule has 4 heteroatoms. The molecule has 0 atom stereocenters. The van der Waals surface area contributed by atoms with E-state index in [4.69, 9.17) is 17.3 Å². The standard InChI is InChI=1S/C10H12ClN3/c11-8-3-5-14-9(6-8)7-13-10(14)2-1-4-12/h3,5-7H,1-2,4,12H2. The normalized spacial score (nSPS) is 11.0. The van der Waals surface area contributed by atoms with E-state index in [1.807, 2.05) is 28.9 Å². The van der Waals surface area contributed by atoms with E-state index in [1.165, 1.54) is 0 Å². The van der Waals surface area contributed by atoms with E-state index in [0.717, 1.165) is 29.2 Å². The van der Waals surface area contributed by atoms with Crippen LogP contribution in [0.25, 0.3) is 5.52 Å². The number of hydrogen-bond donors (Lipinski definition) is 1. The molecule has 0 amide bonds. The molecule has 0 unspecified atom stereocenters. The third kappa shape index (κ3) is 1.74. The van der Waals surface area contributed by atoms with Gasteiger partial charge in [0.25, 0.3) is 0 Å². The average molecular weight is 210 g/mol. The molecule has 2 N–H and O–H groups in total. The fourth-order valence-corrected chi connectivity index (χ4v) is 1.64. The Morgan fingerprint density at radius 1 is 1.50 bits per heavy atom. The van der Waals surface area contributed by atoms with E-state index in [-0.39, 0.29) is 0 Å². The van der Waals surface area contributed by atoms with Crippen LogP contribution < -0.4 is 5.73 Å². The highest BCUT2D eigenvalue weighted by atomic mass is 35.5. The van der Waals surface area contributed by atoms with Crippen LogP contribution >= 0.6 is 11.6 Å². The molecule has 74 valence electrons. The number of halogens is 1. The van der Waals surface area contributed by atoms with Crippen LogP contribution in [0.15, 0.2) is 24.5 Å². The van der Waals surface area contributed by atoms with E-state index in [0.29, 0.717) is 6.54 Å². The summed E-state index contributed by atoms with van der Waals surface area (Å²) in [4.78, 5) is 4.32. The quantitative estimate of drug-likeness (QED) is 0.839. The lowest BCUT2D eigenvalue weighted by atomic mass is 10.3. The monoisotopic (exact) mass is 209 g/mol. The molecular formula is C10H12ClN3. The molecule has 0 radical (unpaired) electrons. The van der Waals surface area contributed by atoms with Gasteiger partial charge in [-0.25, -0.2) is 4.98 Å². The minimum absolute atomic E-state index is 0.697. The number of rotatable bonds is 3. The highest BCUT2D eigenvalue weighted by Gasteiger charge is 2.02. The highest BCUT2D eigenvalue weighted by Crippen LogP contribution is 2.14. The van der Waals surface area contributed by atoms with Crippen molar-refractivity contribution in [3.8, 4) is 0 Å². The Morgan fingerprint density at radius 3 is 3.14 bits per heavy atom. The summed E-state index contributed by atoms with van der Waals surface area (Å²) in [6, 6.07) is 3.77. The molecule has 3 nitrogen and oxygen atoms in total. The smallest absolute Gasteiger partial charge is 0.113 e. The number of aromatic nitrogens is 2. The predicted molar refractivity (Wildman–Crippen MR) is 57.6 cm³/mol. The number of pyridine rings is 1. The number of fused-ring (bicyclic) bond motifs is 1. The average Bonchev–Trinajstić information content (AvgIpc) is 2.57. The van der Waals surface area contributed by atoms with E-state index in [2.05, 4.69) is 4.98 Å². The summed E-state index contributed by atoms with van der Waals surface area (Å²) in [5, 5.41) is 0.739. The molecule has 2 aromatic heterocycles. The van der Waals surface area contributed by atoms with Crippen molar-refractivity contribution in [2.45, 2.75) is 12.8 Å². The zero-order valence-corrected chi connectivity index (χ0v) is 8.54. The molecule has 0 aliphatic heterocycles. The van der Waals surface area contributed by atoms with Gasteiger partial charge in [-0.3, -0.25) is 0 Å². The maximum Gasteiger partial charge on any atom is 0.113 e. The molecule has 0 aromatic carbocycles. The summed E-state index contributed by atoms with van der Waals surface area (Å²) in [5.74, 6) is 1.04. The number of imidazole rings is 1. The molecule has 0 spiro atoms. The van der Waals surface area contributed by atoms with Crippen LogP contribution in [0.1, 0.15) is 12.2 Å². The van der Waals surface area contributed by atoms with Gasteiger partial charge in [-0.2, -0.15) is 0 Å². The van der Waals surface area contributed by atoms with E-state index in [9.17, 15) is 0 Å². The summed E-state index contributed by atoms with van der Waals surface area (Å²) in [5.41, 5.74) is 6.49. The Balaban J connectivity index is 2.37. The maximum absolute atomic E-state index is 5.87. The first-order chi connectivity index (χ1) is 6.81. The van der Waals surface area contributed by atoms with Gasteiger partial charge in [0.2, 0.25) is 0 Å². The Labute approximate surface area is 87.5 Å². The van der Waals surface area contributed by atoms with Crippen molar-refractivity contribution < 1.29 is 0 Å². The van der Waals surface area contributed by atoms with Gasteiger partial charge < -0.3 is 10.1 Å². The molecule has 0 saturated heterocycles. The molecular weight excluding hydrogens is 198 g/mol. The maximum atomic E-state index is 5.87. The van der Waals surface area contributed by atoms with Gasteiger partial charge in [0.05, 0.1) is 11.7 Å². The second kappa shape index (κ2) is 3.98. The first kappa shape index (κ1) is 9.49. The minimum Gasteiger partial charge on any atom is -0.330 e. The third-order valence-electron chi connectivity index (χ3n) is 2.18. The molecule has 2 aromatic rings. The van der Waals surface area contributed by atoms with E-state index < -0.39 is 0 Å². The SMILES string of the molecule is NCCCc1ncc2cc(Cl)ccn12. The first-order valence-corrected chi connectivity index (χ1v) is 5.00. The van der Waals surface area contributed by atoms with Crippen molar-refractivity contribution in [1.82, 2.24) is 9.38 Å². The molecule has 0 bridgehead atoms. The summed E-state index contributed by atoms with van der Waals surface area (Å²) in [6.45, 7) is 0.697. The summed E-state index contributed by atoms with van der Waals surface area (Å²) < 4.78 is 2.04. The van der Waals surface area contributed by atoms with Crippen LogP contribution in [0.4, 0.5) is 0 Å². The topological polar surface area (TPSA) is 43.3 Å². The van der Waals surface area contributed by atoms with Crippen LogP contribution in [0.3, 0.4) is 0 Å². The van der Waals surface area contributed by atoms with Crippen molar-refractivity contribution in [2.75, 3.05) is 6.54 Å². The lowest BCUT2D eigenvalue weighted by Gasteiger charge is -1.99. The van der Waals surface area contributed by atoms with Crippen molar-refractivity contribution in [1.29, 1.82) is 0 Å². The van der Waals surface area contributed by atoms with Crippen LogP contribution in [0.5, 0.6) is 0 Å². The molecule has 0 fully saturated rings. The number of aryl methyl sites for hydroxylation is 1. The van der Waals surface area contributed by atoms with E-state index >= 15 is 0 Å². The summed E-state index contributed by atoms with van der Waals surface area (Å²) >= 11 is 5.87. The van der Waals surface area contributed by atoms with Crippen molar-refractivity contribution in [3.05, 3.63) is 35.4 Å². The van der Waals surface area contributed by atoms with Crippen molar-refractivity contribution in [3.63, 3.8) is 0 Å². The number of nitrogens with two attached hydrogens (primary N) is 1. The lowest BCUT2D eigenvalue weighted by Crippen LogP contribution is -2.02. The van der Waals surface area contributed by atoms with Crippen molar-refractivity contribution >= 4 is 17.1 Å². The Morgan fingerprint density at radius 2 is 2.36 bits per heavy atom. The second-order valence-corrected chi connectivity index (χ2v) is 3.64.